The van der Waals surface area contributed by atoms with E-state index in [1.807, 2.05) is 0 Å². The Morgan fingerprint density at radius 2 is 2.08 bits per heavy atom. The number of imide groups is 1. The van der Waals surface area contributed by atoms with E-state index in [2.05, 4.69) is 15.6 Å². The van der Waals surface area contributed by atoms with Gasteiger partial charge in [0.25, 0.3) is 17.5 Å². The Hall–Kier alpha value is -2.95. The number of hydrogen-bond acceptors (Lipinski definition) is 7. The molecule has 3 rings (SSSR count). The van der Waals surface area contributed by atoms with Crippen molar-refractivity contribution in [1.82, 2.24) is 15.5 Å². The zero-order valence-electron chi connectivity index (χ0n) is 13.6. The van der Waals surface area contributed by atoms with Crippen LogP contribution in [0, 0.1) is 10.1 Å². The highest BCUT2D eigenvalue weighted by Crippen LogP contribution is 2.26. The molecule has 0 saturated heterocycles. The Morgan fingerprint density at radius 1 is 1.31 bits per heavy atom. The fourth-order valence-corrected chi connectivity index (χ4v) is 3.31. The predicted octanol–water partition coefficient (Wildman–Crippen LogP) is 0.983. The Labute approximate surface area is 152 Å². The van der Waals surface area contributed by atoms with Crippen LogP contribution in [0.25, 0.3) is 0 Å². The Balaban J connectivity index is 1.51. The summed E-state index contributed by atoms with van der Waals surface area (Å²) in [6.45, 7) is 1.05. The third-order valence-corrected chi connectivity index (χ3v) is 4.71. The van der Waals surface area contributed by atoms with Gasteiger partial charge in [0.1, 0.15) is 0 Å². The minimum Gasteiger partial charge on any atom is -0.338 e. The van der Waals surface area contributed by atoms with Crippen molar-refractivity contribution in [3.05, 3.63) is 39.4 Å². The minimum absolute atomic E-state index is 0.0335. The first-order valence-corrected chi connectivity index (χ1v) is 8.82. The van der Waals surface area contributed by atoms with Gasteiger partial charge in [-0.05, 0) is 12.5 Å². The van der Waals surface area contributed by atoms with Crippen LogP contribution in [-0.2, 0) is 0 Å². The van der Waals surface area contributed by atoms with Gasteiger partial charge < -0.3 is 5.32 Å². The van der Waals surface area contributed by atoms with Crippen molar-refractivity contribution < 1.29 is 19.3 Å². The molecule has 2 heterocycles. The van der Waals surface area contributed by atoms with Gasteiger partial charge in [-0.25, -0.2) is 4.79 Å². The van der Waals surface area contributed by atoms with E-state index in [1.165, 1.54) is 23.9 Å². The van der Waals surface area contributed by atoms with Gasteiger partial charge in [-0.1, -0.05) is 11.8 Å². The number of benzene rings is 1. The summed E-state index contributed by atoms with van der Waals surface area (Å²) in [5.74, 6) is -0.205. The van der Waals surface area contributed by atoms with Crippen LogP contribution in [-0.4, -0.2) is 58.2 Å². The standard InChI is InChI=1S/C15H15N5O5S/c21-12-10-3-2-9(20(24)25)8-11(10)13(22)19(12)6-1-4-16-14(23)18-15-17-5-7-26-15/h2-3,8H,1,4-7H2,(H2,16,17,18,23). The van der Waals surface area contributed by atoms with Crippen molar-refractivity contribution in [1.29, 1.82) is 0 Å². The van der Waals surface area contributed by atoms with E-state index in [-0.39, 0.29) is 29.9 Å². The van der Waals surface area contributed by atoms with Crippen LogP contribution < -0.4 is 10.6 Å². The second-order valence-corrected chi connectivity index (χ2v) is 6.60. The van der Waals surface area contributed by atoms with E-state index in [9.17, 15) is 24.5 Å². The molecular weight excluding hydrogens is 362 g/mol. The monoisotopic (exact) mass is 377 g/mol. The number of rotatable bonds is 5. The molecule has 4 amide bonds. The lowest BCUT2D eigenvalue weighted by Crippen LogP contribution is -2.39. The minimum atomic E-state index is -0.615. The van der Waals surface area contributed by atoms with E-state index in [1.54, 1.807) is 0 Å². The SMILES string of the molecule is O=C(NCCCN1C(=O)c2ccc([N+](=O)[O-])cc2C1=O)NC1=NCCS1. The summed E-state index contributed by atoms with van der Waals surface area (Å²) in [5.41, 5.74) is -0.0495. The van der Waals surface area contributed by atoms with Gasteiger partial charge in [-0.15, -0.1) is 0 Å². The molecule has 0 radical (unpaired) electrons. The van der Waals surface area contributed by atoms with E-state index >= 15 is 0 Å². The molecule has 10 nitrogen and oxygen atoms in total. The van der Waals surface area contributed by atoms with Crippen LogP contribution in [0.5, 0.6) is 0 Å². The van der Waals surface area contributed by atoms with Crippen LogP contribution in [0.1, 0.15) is 27.1 Å². The highest BCUT2D eigenvalue weighted by atomic mass is 32.2. The maximum absolute atomic E-state index is 12.3. The number of nitro groups is 1. The van der Waals surface area contributed by atoms with Gasteiger partial charge in [0.2, 0.25) is 0 Å². The zero-order valence-corrected chi connectivity index (χ0v) is 14.4. The number of nitro benzene ring substituents is 1. The number of fused-ring (bicyclic) bond motifs is 1. The molecule has 0 saturated carbocycles. The topological polar surface area (TPSA) is 134 Å². The van der Waals surface area contributed by atoms with E-state index < -0.39 is 22.8 Å². The Morgan fingerprint density at radius 3 is 2.77 bits per heavy atom. The molecule has 136 valence electrons. The summed E-state index contributed by atoms with van der Waals surface area (Å²) < 4.78 is 0. The number of amidine groups is 1. The normalized spacial score (nSPS) is 15.7. The molecule has 2 aliphatic heterocycles. The highest BCUT2D eigenvalue weighted by molar-refractivity contribution is 8.14. The molecule has 0 aromatic heterocycles. The first kappa shape index (κ1) is 17.9. The van der Waals surface area contributed by atoms with E-state index in [4.69, 9.17) is 0 Å². The zero-order chi connectivity index (χ0) is 18.7. The summed E-state index contributed by atoms with van der Waals surface area (Å²) in [6.07, 6.45) is 0.362. The third kappa shape index (κ3) is 3.67. The van der Waals surface area contributed by atoms with Crippen molar-refractivity contribution >= 4 is 40.5 Å². The number of thioether (sulfide) groups is 1. The molecule has 0 atom stereocenters. The summed E-state index contributed by atoms with van der Waals surface area (Å²) in [7, 11) is 0. The van der Waals surface area contributed by atoms with Gasteiger partial charge >= 0.3 is 6.03 Å². The van der Waals surface area contributed by atoms with Crippen molar-refractivity contribution in [3.63, 3.8) is 0 Å². The molecule has 0 spiro atoms. The van der Waals surface area contributed by atoms with Gasteiger partial charge in [0.05, 0.1) is 22.6 Å². The number of non-ortho nitro benzene ring substituents is 1. The summed E-state index contributed by atoms with van der Waals surface area (Å²) in [6, 6.07) is 3.21. The number of nitrogens with one attached hydrogen (secondary N) is 2. The lowest BCUT2D eigenvalue weighted by Gasteiger charge is -2.14. The lowest BCUT2D eigenvalue weighted by molar-refractivity contribution is -0.384. The van der Waals surface area contributed by atoms with Crippen molar-refractivity contribution in [3.8, 4) is 0 Å². The molecule has 2 N–H and O–H groups in total. The van der Waals surface area contributed by atoms with Crippen molar-refractivity contribution in [2.45, 2.75) is 6.42 Å². The summed E-state index contributed by atoms with van der Waals surface area (Å²) in [5, 5.41) is 16.6. The number of carbonyl (C=O) groups excluding carboxylic acids is 3. The molecule has 1 aromatic rings. The van der Waals surface area contributed by atoms with Crippen LogP contribution >= 0.6 is 11.8 Å². The van der Waals surface area contributed by atoms with Gasteiger partial charge in [-0.2, -0.15) is 0 Å². The van der Waals surface area contributed by atoms with E-state index in [0.29, 0.717) is 18.1 Å². The second kappa shape index (κ2) is 7.52. The first-order valence-electron chi connectivity index (χ1n) is 7.84. The van der Waals surface area contributed by atoms with Crippen LogP contribution in [0.15, 0.2) is 23.2 Å². The van der Waals surface area contributed by atoms with Crippen LogP contribution in [0.3, 0.4) is 0 Å². The average molecular weight is 377 g/mol. The molecule has 2 aliphatic rings. The second-order valence-electron chi connectivity index (χ2n) is 5.52. The largest absolute Gasteiger partial charge is 0.338 e. The number of carbonyl (C=O) groups is 3. The molecule has 11 heteroatoms. The number of hydrogen-bond donors (Lipinski definition) is 2. The fourth-order valence-electron chi connectivity index (χ4n) is 2.59. The molecule has 0 unspecified atom stereocenters. The third-order valence-electron chi connectivity index (χ3n) is 3.82. The maximum atomic E-state index is 12.3. The summed E-state index contributed by atoms with van der Waals surface area (Å²) >= 11 is 1.46. The van der Waals surface area contributed by atoms with Crippen molar-refractivity contribution in [2.24, 2.45) is 4.99 Å². The summed E-state index contributed by atoms with van der Waals surface area (Å²) in [4.78, 5) is 51.6. The number of aliphatic imine (C=N–C) groups is 1. The quantitative estimate of drug-likeness (QED) is 0.340. The maximum Gasteiger partial charge on any atom is 0.320 e. The fraction of sp³-hybridized carbons (Fsp3) is 0.333. The Bertz CT molecular complexity index is 825. The highest BCUT2D eigenvalue weighted by Gasteiger charge is 2.36. The number of nitrogens with zero attached hydrogens (tertiary/aromatic N) is 3. The molecule has 0 bridgehead atoms. The lowest BCUT2D eigenvalue weighted by atomic mass is 10.1. The molecule has 1 aromatic carbocycles. The van der Waals surface area contributed by atoms with Gasteiger partial charge in [0.15, 0.2) is 5.17 Å². The molecule has 26 heavy (non-hydrogen) atoms. The smallest absolute Gasteiger partial charge is 0.320 e. The number of amides is 4. The van der Waals surface area contributed by atoms with E-state index in [0.717, 1.165) is 16.7 Å². The van der Waals surface area contributed by atoms with Crippen LogP contribution in [0.2, 0.25) is 0 Å². The predicted molar refractivity (Wildman–Crippen MR) is 94.4 cm³/mol. The molecule has 0 fully saturated rings. The number of urea groups is 1. The molecule has 0 aliphatic carbocycles. The first-order chi connectivity index (χ1) is 12.5. The molecular formula is C15H15N5O5S. The van der Waals surface area contributed by atoms with Crippen molar-refractivity contribution in [2.75, 3.05) is 25.4 Å². The van der Waals surface area contributed by atoms with Gasteiger partial charge in [0, 0.05) is 31.0 Å². The van der Waals surface area contributed by atoms with Crippen LogP contribution in [0.4, 0.5) is 10.5 Å². The average Bonchev–Trinajstić information content (AvgIpc) is 3.20. The van der Waals surface area contributed by atoms with Gasteiger partial charge in [-0.3, -0.25) is 34.9 Å². The Kier molecular flexibility index (Phi) is 5.16.